The lowest BCUT2D eigenvalue weighted by molar-refractivity contribution is 0.456. The minimum absolute atomic E-state index is 0.0479. The van der Waals surface area contributed by atoms with E-state index in [9.17, 15) is 0 Å². The summed E-state index contributed by atoms with van der Waals surface area (Å²) < 4.78 is 2.12. The SMILES string of the molecule is Cc1nc2cc(N(C)C(C)(C)CCN)ccc2n1C. The zero-order valence-corrected chi connectivity index (χ0v) is 12.6. The molecule has 0 aliphatic carbocycles. The third kappa shape index (κ3) is 2.45. The lowest BCUT2D eigenvalue weighted by Gasteiger charge is -2.37. The van der Waals surface area contributed by atoms with Crippen molar-refractivity contribution in [3.63, 3.8) is 0 Å². The van der Waals surface area contributed by atoms with Gasteiger partial charge in [0.05, 0.1) is 11.0 Å². The number of aryl methyl sites for hydroxylation is 2. The average molecular weight is 260 g/mol. The van der Waals surface area contributed by atoms with E-state index in [4.69, 9.17) is 5.73 Å². The van der Waals surface area contributed by atoms with Gasteiger partial charge in [-0.2, -0.15) is 0 Å². The smallest absolute Gasteiger partial charge is 0.106 e. The Hall–Kier alpha value is -1.55. The van der Waals surface area contributed by atoms with E-state index in [1.165, 1.54) is 11.2 Å². The highest BCUT2D eigenvalue weighted by Crippen LogP contribution is 2.27. The van der Waals surface area contributed by atoms with E-state index < -0.39 is 0 Å². The summed E-state index contributed by atoms with van der Waals surface area (Å²) in [6.07, 6.45) is 0.961. The molecule has 0 saturated carbocycles. The summed E-state index contributed by atoms with van der Waals surface area (Å²) >= 11 is 0. The molecule has 0 bridgehead atoms. The molecule has 0 unspecified atom stereocenters. The number of imidazole rings is 1. The molecule has 19 heavy (non-hydrogen) atoms. The lowest BCUT2D eigenvalue weighted by Crippen LogP contribution is -2.42. The number of anilines is 1. The van der Waals surface area contributed by atoms with Gasteiger partial charge >= 0.3 is 0 Å². The van der Waals surface area contributed by atoms with Crippen LogP contribution in [0.3, 0.4) is 0 Å². The summed E-state index contributed by atoms with van der Waals surface area (Å²) in [5.74, 6) is 1.04. The van der Waals surface area contributed by atoms with Crippen LogP contribution in [0.1, 0.15) is 26.1 Å². The third-order valence-corrected chi connectivity index (χ3v) is 4.14. The van der Waals surface area contributed by atoms with Gasteiger partial charge in [0, 0.05) is 25.3 Å². The molecule has 0 spiro atoms. The van der Waals surface area contributed by atoms with Gasteiger partial charge < -0.3 is 15.2 Å². The van der Waals surface area contributed by atoms with Gasteiger partial charge in [-0.1, -0.05) is 0 Å². The summed E-state index contributed by atoms with van der Waals surface area (Å²) in [6.45, 7) is 7.16. The highest BCUT2D eigenvalue weighted by atomic mass is 15.2. The predicted molar refractivity (Wildman–Crippen MR) is 81.6 cm³/mol. The average Bonchev–Trinajstić information content (AvgIpc) is 2.63. The van der Waals surface area contributed by atoms with E-state index in [0.717, 1.165) is 17.8 Å². The van der Waals surface area contributed by atoms with Crippen molar-refractivity contribution in [2.75, 3.05) is 18.5 Å². The van der Waals surface area contributed by atoms with Gasteiger partial charge in [0.2, 0.25) is 0 Å². The molecular weight excluding hydrogens is 236 g/mol. The van der Waals surface area contributed by atoms with Gasteiger partial charge in [0.15, 0.2) is 0 Å². The molecule has 0 amide bonds. The Morgan fingerprint density at radius 3 is 2.68 bits per heavy atom. The van der Waals surface area contributed by atoms with E-state index in [0.29, 0.717) is 6.54 Å². The van der Waals surface area contributed by atoms with Crippen LogP contribution in [0.5, 0.6) is 0 Å². The molecule has 4 nitrogen and oxygen atoms in total. The second-order valence-electron chi connectivity index (χ2n) is 5.80. The normalized spacial score (nSPS) is 12.1. The number of hydrogen-bond donors (Lipinski definition) is 1. The van der Waals surface area contributed by atoms with Crippen molar-refractivity contribution in [2.24, 2.45) is 12.8 Å². The van der Waals surface area contributed by atoms with Crippen molar-refractivity contribution < 1.29 is 0 Å². The molecule has 2 aromatic rings. The first kappa shape index (κ1) is 13.9. The Labute approximate surface area is 115 Å². The highest BCUT2D eigenvalue weighted by molar-refractivity contribution is 5.80. The van der Waals surface area contributed by atoms with Crippen molar-refractivity contribution in [1.82, 2.24) is 9.55 Å². The van der Waals surface area contributed by atoms with Gasteiger partial charge in [-0.15, -0.1) is 0 Å². The van der Waals surface area contributed by atoms with Gasteiger partial charge in [-0.3, -0.25) is 0 Å². The number of nitrogens with zero attached hydrogens (tertiary/aromatic N) is 3. The van der Waals surface area contributed by atoms with Crippen molar-refractivity contribution in [2.45, 2.75) is 32.7 Å². The first-order chi connectivity index (χ1) is 8.86. The second-order valence-corrected chi connectivity index (χ2v) is 5.80. The Morgan fingerprint density at radius 2 is 2.05 bits per heavy atom. The van der Waals surface area contributed by atoms with Gasteiger partial charge in [-0.05, 0) is 51.9 Å². The Balaban J connectivity index is 2.41. The van der Waals surface area contributed by atoms with E-state index >= 15 is 0 Å². The number of nitrogens with two attached hydrogens (primary N) is 1. The minimum Gasteiger partial charge on any atom is -0.369 e. The van der Waals surface area contributed by atoms with E-state index in [2.05, 4.69) is 53.5 Å². The van der Waals surface area contributed by atoms with Crippen LogP contribution in [-0.2, 0) is 7.05 Å². The summed E-state index contributed by atoms with van der Waals surface area (Å²) in [5, 5.41) is 0. The largest absolute Gasteiger partial charge is 0.369 e. The van der Waals surface area contributed by atoms with Crippen LogP contribution in [-0.4, -0.2) is 28.7 Å². The first-order valence-electron chi connectivity index (χ1n) is 6.74. The number of fused-ring (bicyclic) bond motifs is 1. The number of benzene rings is 1. The van der Waals surface area contributed by atoms with Crippen LogP contribution in [0.25, 0.3) is 11.0 Å². The Kier molecular flexibility index (Phi) is 3.54. The number of hydrogen-bond acceptors (Lipinski definition) is 3. The summed E-state index contributed by atoms with van der Waals surface area (Å²) in [4.78, 5) is 6.88. The Bertz CT molecular complexity index is 583. The predicted octanol–water partition coefficient (Wildman–Crippen LogP) is 2.45. The lowest BCUT2D eigenvalue weighted by atomic mass is 9.98. The van der Waals surface area contributed by atoms with Crippen LogP contribution in [0.2, 0.25) is 0 Å². The Morgan fingerprint density at radius 1 is 1.37 bits per heavy atom. The van der Waals surface area contributed by atoms with Gasteiger partial charge in [-0.25, -0.2) is 4.98 Å². The van der Waals surface area contributed by atoms with Crippen LogP contribution < -0.4 is 10.6 Å². The van der Waals surface area contributed by atoms with Crippen molar-refractivity contribution in [1.29, 1.82) is 0 Å². The molecule has 0 saturated heterocycles. The van der Waals surface area contributed by atoms with E-state index in [1.807, 2.05) is 14.0 Å². The maximum absolute atomic E-state index is 5.70. The molecule has 1 aromatic heterocycles. The van der Waals surface area contributed by atoms with E-state index in [1.54, 1.807) is 0 Å². The molecule has 0 atom stereocenters. The molecule has 104 valence electrons. The molecule has 4 heteroatoms. The first-order valence-corrected chi connectivity index (χ1v) is 6.74. The van der Waals surface area contributed by atoms with Crippen molar-refractivity contribution in [3.8, 4) is 0 Å². The van der Waals surface area contributed by atoms with Crippen molar-refractivity contribution in [3.05, 3.63) is 24.0 Å². The van der Waals surface area contributed by atoms with Crippen LogP contribution in [0.4, 0.5) is 5.69 Å². The monoisotopic (exact) mass is 260 g/mol. The molecule has 0 radical (unpaired) electrons. The fourth-order valence-electron chi connectivity index (χ4n) is 2.39. The molecule has 0 aliphatic heterocycles. The molecule has 1 aromatic carbocycles. The second kappa shape index (κ2) is 4.85. The van der Waals surface area contributed by atoms with Gasteiger partial charge in [0.25, 0.3) is 0 Å². The molecule has 0 aliphatic rings. The topological polar surface area (TPSA) is 47.1 Å². The van der Waals surface area contributed by atoms with E-state index in [-0.39, 0.29) is 5.54 Å². The summed E-state index contributed by atoms with van der Waals surface area (Å²) in [7, 11) is 4.17. The fraction of sp³-hybridized carbons (Fsp3) is 0.533. The molecule has 2 N–H and O–H groups in total. The minimum atomic E-state index is 0.0479. The molecular formula is C15H24N4. The molecule has 2 rings (SSSR count). The summed E-state index contributed by atoms with van der Waals surface area (Å²) in [5.41, 5.74) is 9.16. The summed E-state index contributed by atoms with van der Waals surface area (Å²) in [6, 6.07) is 6.45. The quantitative estimate of drug-likeness (QED) is 0.918. The molecule has 1 heterocycles. The third-order valence-electron chi connectivity index (χ3n) is 4.14. The maximum atomic E-state index is 5.70. The zero-order chi connectivity index (χ0) is 14.2. The molecule has 0 fully saturated rings. The van der Waals surface area contributed by atoms with Gasteiger partial charge in [0.1, 0.15) is 5.82 Å². The number of rotatable bonds is 4. The highest BCUT2D eigenvalue weighted by Gasteiger charge is 2.23. The standard InChI is InChI=1S/C15H24N4/c1-11-17-13-10-12(6-7-14(13)18(11)4)19(5)15(2,3)8-9-16/h6-7,10H,8-9,16H2,1-5H3. The van der Waals surface area contributed by atoms with Crippen LogP contribution in [0, 0.1) is 6.92 Å². The fourth-order valence-corrected chi connectivity index (χ4v) is 2.39. The zero-order valence-electron chi connectivity index (χ0n) is 12.6. The van der Waals surface area contributed by atoms with Crippen molar-refractivity contribution >= 4 is 16.7 Å². The number of aromatic nitrogens is 2. The maximum Gasteiger partial charge on any atom is 0.106 e. The van der Waals surface area contributed by atoms with Crippen LogP contribution >= 0.6 is 0 Å². The van der Waals surface area contributed by atoms with Crippen LogP contribution in [0.15, 0.2) is 18.2 Å².